The van der Waals surface area contributed by atoms with E-state index in [1.165, 1.54) is 0 Å². The third kappa shape index (κ3) is 5.19. The van der Waals surface area contributed by atoms with Crippen LogP contribution in [0, 0.1) is 5.92 Å². The zero-order valence-corrected chi connectivity index (χ0v) is 16.5. The van der Waals surface area contributed by atoms with Crippen LogP contribution in [0.1, 0.15) is 48.8 Å². The largest absolute Gasteiger partial charge is 0.343 e. The van der Waals surface area contributed by atoms with Gasteiger partial charge in [0.05, 0.1) is 0 Å². The molecule has 1 amide bonds. The minimum atomic E-state index is -0.0119. The standard InChI is InChI=1S/C21H26ClN3O2/c1-2-20-23-11-14-25(20)15-16-9-12-24(13-10-16)21(27)8-7-19(26)17-3-5-18(22)6-4-17/h3-6,11,14,16H,2,7-10,12-13,15H2,1H3. The summed E-state index contributed by atoms with van der Waals surface area (Å²) in [5.41, 5.74) is 0.609. The van der Waals surface area contributed by atoms with Crippen molar-refractivity contribution < 1.29 is 9.59 Å². The molecule has 1 aliphatic rings. The van der Waals surface area contributed by atoms with Gasteiger partial charge in [-0.25, -0.2) is 4.98 Å². The number of imidazole rings is 1. The second kappa shape index (κ2) is 9.18. The van der Waals surface area contributed by atoms with E-state index in [2.05, 4.69) is 16.5 Å². The van der Waals surface area contributed by atoms with Crippen molar-refractivity contribution in [1.29, 1.82) is 0 Å². The summed E-state index contributed by atoms with van der Waals surface area (Å²) in [6.45, 7) is 4.63. The molecule has 1 aliphatic heterocycles. The van der Waals surface area contributed by atoms with Crippen molar-refractivity contribution in [2.24, 2.45) is 5.92 Å². The van der Waals surface area contributed by atoms with Crippen LogP contribution in [0.15, 0.2) is 36.7 Å². The Bertz CT molecular complexity index is 777. The maximum absolute atomic E-state index is 12.4. The summed E-state index contributed by atoms with van der Waals surface area (Å²) in [4.78, 5) is 30.9. The first-order chi connectivity index (χ1) is 13.1. The highest BCUT2D eigenvalue weighted by Gasteiger charge is 2.23. The summed E-state index contributed by atoms with van der Waals surface area (Å²) in [5, 5.41) is 0.604. The summed E-state index contributed by atoms with van der Waals surface area (Å²) < 4.78 is 2.23. The molecule has 1 saturated heterocycles. The molecule has 2 aromatic rings. The van der Waals surface area contributed by atoms with Gasteiger partial charge in [0.25, 0.3) is 0 Å². The maximum atomic E-state index is 12.4. The summed E-state index contributed by atoms with van der Waals surface area (Å²) in [6, 6.07) is 6.82. The van der Waals surface area contributed by atoms with Gasteiger partial charge in [0, 0.05) is 61.9 Å². The number of carbonyl (C=O) groups is 2. The summed E-state index contributed by atoms with van der Waals surface area (Å²) in [5.74, 6) is 1.76. The fourth-order valence-electron chi connectivity index (χ4n) is 3.62. The predicted octanol–water partition coefficient (Wildman–Crippen LogP) is 4.00. The van der Waals surface area contributed by atoms with E-state index in [0.717, 1.165) is 44.7 Å². The van der Waals surface area contributed by atoms with Gasteiger partial charge in [-0.15, -0.1) is 0 Å². The number of aryl methyl sites for hydroxylation is 1. The third-order valence-electron chi connectivity index (χ3n) is 5.27. The molecule has 0 unspecified atom stereocenters. The molecule has 0 aliphatic carbocycles. The average molecular weight is 388 g/mol. The van der Waals surface area contributed by atoms with Crippen LogP contribution in [0.5, 0.6) is 0 Å². The van der Waals surface area contributed by atoms with Crippen LogP contribution in [-0.4, -0.2) is 39.2 Å². The molecule has 1 aromatic carbocycles. The van der Waals surface area contributed by atoms with E-state index in [1.807, 2.05) is 17.3 Å². The SMILES string of the molecule is CCc1nccn1CC1CCN(C(=O)CCC(=O)c2ccc(Cl)cc2)CC1. The quantitative estimate of drug-likeness (QED) is 0.674. The number of carbonyl (C=O) groups excluding carboxylic acids is 2. The number of halogens is 1. The molecule has 1 fully saturated rings. The van der Waals surface area contributed by atoms with E-state index in [9.17, 15) is 9.59 Å². The number of nitrogens with zero attached hydrogens (tertiary/aromatic N) is 3. The normalized spacial score (nSPS) is 15.1. The Labute approximate surface area is 165 Å². The van der Waals surface area contributed by atoms with Gasteiger partial charge in [-0.3, -0.25) is 9.59 Å². The van der Waals surface area contributed by atoms with E-state index < -0.39 is 0 Å². The van der Waals surface area contributed by atoms with Crippen LogP contribution in [0.25, 0.3) is 0 Å². The zero-order valence-electron chi connectivity index (χ0n) is 15.7. The van der Waals surface area contributed by atoms with E-state index in [4.69, 9.17) is 11.6 Å². The van der Waals surface area contributed by atoms with Gasteiger partial charge in [0.2, 0.25) is 5.91 Å². The lowest BCUT2D eigenvalue weighted by atomic mass is 9.96. The number of benzene rings is 1. The summed E-state index contributed by atoms with van der Waals surface area (Å²) in [7, 11) is 0. The smallest absolute Gasteiger partial charge is 0.223 e. The number of Topliss-reactive ketones (excluding diaryl/α,β-unsaturated/α-hetero) is 1. The van der Waals surface area contributed by atoms with Crippen molar-refractivity contribution >= 4 is 23.3 Å². The van der Waals surface area contributed by atoms with Crippen molar-refractivity contribution in [3.63, 3.8) is 0 Å². The lowest BCUT2D eigenvalue weighted by Crippen LogP contribution is -2.39. The number of rotatable bonds is 7. The molecule has 0 N–H and O–H groups in total. The van der Waals surface area contributed by atoms with Crippen molar-refractivity contribution in [3.05, 3.63) is 53.1 Å². The number of ketones is 1. The first-order valence-electron chi connectivity index (χ1n) is 9.63. The minimum Gasteiger partial charge on any atom is -0.343 e. The molecule has 0 spiro atoms. The molecule has 2 heterocycles. The van der Waals surface area contributed by atoms with Gasteiger partial charge < -0.3 is 9.47 Å². The lowest BCUT2D eigenvalue weighted by Gasteiger charge is -2.32. The third-order valence-corrected chi connectivity index (χ3v) is 5.52. The van der Waals surface area contributed by atoms with Crippen LogP contribution < -0.4 is 0 Å². The number of aromatic nitrogens is 2. The molecule has 6 heteroatoms. The summed E-state index contributed by atoms with van der Waals surface area (Å²) in [6.07, 6.45) is 7.35. The fraction of sp³-hybridized carbons (Fsp3) is 0.476. The maximum Gasteiger partial charge on any atom is 0.223 e. The topological polar surface area (TPSA) is 55.2 Å². The van der Waals surface area contributed by atoms with Crippen molar-refractivity contribution in [2.75, 3.05) is 13.1 Å². The second-order valence-electron chi connectivity index (χ2n) is 7.10. The van der Waals surface area contributed by atoms with Gasteiger partial charge in [0.1, 0.15) is 5.82 Å². The highest BCUT2D eigenvalue weighted by Crippen LogP contribution is 2.21. The molecule has 0 bridgehead atoms. The van der Waals surface area contributed by atoms with Crippen molar-refractivity contribution in [3.8, 4) is 0 Å². The van der Waals surface area contributed by atoms with Gasteiger partial charge in [0.15, 0.2) is 5.78 Å². The van der Waals surface area contributed by atoms with Crippen LogP contribution in [0.2, 0.25) is 5.02 Å². The molecule has 27 heavy (non-hydrogen) atoms. The van der Waals surface area contributed by atoms with E-state index >= 15 is 0 Å². The van der Waals surface area contributed by atoms with Gasteiger partial charge in [-0.2, -0.15) is 0 Å². The molecule has 0 atom stereocenters. The fourth-order valence-corrected chi connectivity index (χ4v) is 3.75. The first-order valence-corrected chi connectivity index (χ1v) is 10.0. The Morgan fingerprint density at radius 3 is 2.52 bits per heavy atom. The minimum absolute atomic E-state index is 0.0119. The Hall–Kier alpha value is -2.14. The number of amides is 1. The molecule has 144 valence electrons. The van der Waals surface area contributed by atoms with E-state index in [1.54, 1.807) is 24.3 Å². The number of hydrogen-bond donors (Lipinski definition) is 0. The van der Waals surface area contributed by atoms with Gasteiger partial charge >= 0.3 is 0 Å². The Balaban J connectivity index is 1.43. The van der Waals surface area contributed by atoms with Crippen molar-refractivity contribution in [2.45, 2.75) is 45.6 Å². The first kappa shape index (κ1) is 19.6. The van der Waals surface area contributed by atoms with Gasteiger partial charge in [-0.05, 0) is 43.0 Å². The Morgan fingerprint density at radius 2 is 1.85 bits per heavy atom. The zero-order chi connectivity index (χ0) is 19.2. The molecular weight excluding hydrogens is 362 g/mol. The molecule has 0 radical (unpaired) electrons. The highest BCUT2D eigenvalue weighted by atomic mass is 35.5. The Kier molecular flexibility index (Phi) is 6.67. The lowest BCUT2D eigenvalue weighted by molar-refractivity contribution is -0.132. The number of piperidine rings is 1. The molecule has 0 saturated carbocycles. The Morgan fingerprint density at radius 1 is 1.15 bits per heavy atom. The van der Waals surface area contributed by atoms with Crippen LogP contribution >= 0.6 is 11.6 Å². The average Bonchev–Trinajstić information content (AvgIpc) is 3.14. The van der Waals surface area contributed by atoms with Crippen molar-refractivity contribution in [1.82, 2.24) is 14.5 Å². The van der Waals surface area contributed by atoms with Gasteiger partial charge in [-0.1, -0.05) is 18.5 Å². The predicted molar refractivity (Wildman–Crippen MR) is 106 cm³/mol. The molecular formula is C21H26ClN3O2. The number of likely N-dealkylation sites (tertiary alicyclic amines) is 1. The van der Waals surface area contributed by atoms with Crippen LogP contribution in [-0.2, 0) is 17.8 Å². The number of hydrogen-bond acceptors (Lipinski definition) is 3. The van der Waals surface area contributed by atoms with E-state index in [0.29, 0.717) is 16.5 Å². The van der Waals surface area contributed by atoms with Crippen LogP contribution in [0.4, 0.5) is 0 Å². The molecule has 1 aromatic heterocycles. The monoisotopic (exact) mass is 387 g/mol. The molecule has 3 rings (SSSR count). The highest BCUT2D eigenvalue weighted by molar-refractivity contribution is 6.30. The van der Waals surface area contributed by atoms with Crippen LogP contribution in [0.3, 0.4) is 0 Å². The molecule has 5 nitrogen and oxygen atoms in total. The van der Waals surface area contributed by atoms with E-state index in [-0.39, 0.29) is 24.5 Å². The second-order valence-corrected chi connectivity index (χ2v) is 7.54. The summed E-state index contributed by atoms with van der Waals surface area (Å²) >= 11 is 5.84.